The van der Waals surface area contributed by atoms with Crippen LogP contribution in [0.25, 0.3) is 11.0 Å². The Bertz CT molecular complexity index is 809. The Morgan fingerprint density at radius 3 is 2.81 bits per heavy atom. The number of nitrogen functional groups attached to an aromatic ring is 1. The summed E-state index contributed by atoms with van der Waals surface area (Å²) in [6.45, 7) is 6.21. The molecular weight excluding hydrogens is 348 g/mol. The molecule has 4 atom stereocenters. The highest BCUT2D eigenvalue weighted by molar-refractivity contribution is 5.86. The number of rotatable bonds is 6. The molecule has 148 valence electrons. The van der Waals surface area contributed by atoms with E-state index in [-0.39, 0.29) is 24.5 Å². The first-order valence-corrected chi connectivity index (χ1v) is 9.36. The van der Waals surface area contributed by atoms with E-state index in [4.69, 9.17) is 25.7 Å². The molecule has 0 bridgehead atoms. The highest BCUT2D eigenvalue weighted by Crippen LogP contribution is 2.44. The second kappa shape index (κ2) is 6.99. The smallest absolute Gasteiger partial charge is 0.164 e. The average Bonchev–Trinajstić information content (AvgIpc) is 3.26. The number of fused-ring (bicyclic) bond motifs is 2. The predicted octanol–water partition coefficient (Wildman–Crippen LogP) is 0.712. The minimum Gasteiger partial charge on any atom is -0.383 e. The third-order valence-corrected chi connectivity index (χ3v) is 5.18. The lowest BCUT2D eigenvalue weighted by atomic mass is 10.1. The molecule has 2 aromatic heterocycles. The molecule has 4 heterocycles. The summed E-state index contributed by atoms with van der Waals surface area (Å²) < 4.78 is 20.8. The van der Waals surface area contributed by atoms with Gasteiger partial charge in [-0.05, 0) is 46.5 Å². The Hall–Kier alpha value is -1.78. The maximum absolute atomic E-state index is 6.40. The van der Waals surface area contributed by atoms with E-state index in [2.05, 4.69) is 21.9 Å². The highest BCUT2D eigenvalue weighted by Gasteiger charge is 2.56. The SMILES string of the molecule is CN(CCCN)C[C@H]1OC(n2ccc3c(N)ncnc32)[C@@H]2OC(C)(C)O[C@H]12. The van der Waals surface area contributed by atoms with Gasteiger partial charge in [0, 0.05) is 12.7 Å². The third kappa shape index (κ3) is 3.41. The molecule has 0 radical (unpaired) electrons. The Balaban J connectivity index is 1.62. The molecule has 4 N–H and O–H groups in total. The van der Waals surface area contributed by atoms with Crippen LogP contribution in [0.15, 0.2) is 18.6 Å². The molecule has 2 aliphatic heterocycles. The summed E-state index contributed by atoms with van der Waals surface area (Å²) in [5.74, 6) is -0.196. The van der Waals surface area contributed by atoms with Gasteiger partial charge >= 0.3 is 0 Å². The van der Waals surface area contributed by atoms with Gasteiger partial charge in [-0.25, -0.2) is 9.97 Å². The summed E-state index contributed by atoms with van der Waals surface area (Å²) in [5.41, 5.74) is 12.3. The lowest BCUT2D eigenvalue weighted by Gasteiger charge is -2.27. The number of nitrogens with zero attached hydrogens (tertiary/aromatic N) is 4. The van der Waals surface area contributed by atoms with Crippen LogP contribution in [-0.4, -0.2) is 70.2 Å². The maximum atomic E-state index is 6.40. The van der Waals surface area contributed by atoms with Gasteiger partial charge in [0.1, 0.15) is 36.1 Å². The lowest BCUT2D eigenvalue weighted by molar-refractivity contribution is -0.197. The molecule has 27 heavy (non-hydrogen) atoms. The van der Waals surface area contributed by atoms with Gasteiger partial charge in [0.2, 0.25) is 0 Å². The lowest BCUT2D eigenvalue weighted by Crippen LogP contribution is -2.39. The van der Waals surface area contributed by atoms with E-state index < -0.39 is 5.79 Å². The minimum absolute atomic E-state index is 0.110. The van der Waals surface area contributed by atoms with Crippen molar-refractivity contribution in [3.8, 4) is 0 Å². The van der Waals surface area contributed by atoms with Crippen LogP contribution in [0.1, 0.15) is 26.5 Å². The molecule has 0 spiro atoms. The molecule has 2 saturated heterocycles. The normalized spacial score (nSPS) is 29.7. The van der Waals surface area contributed by atoms with Gasteiger partial charge in [0.05, 0.1) is 5.39 Å². The fourth-order valence-electron chi connectivity index (χ4n) is 3.99. The molecule has 9 nitrogen and oxygen atoms in total. The summed E-state index contributed by atoms with van der Waals surface area (Å²) in [6, 6.07) is 1.91. The van der Waals surface area contributed by atoms with E-state index in [0.717, 1.165) is 30.5 Å². The predicted molar refractivity (Wildman–Crippen MR) is 101 cm³/mol. The minimum atomic E-state index is -0.650. The van der Waals surface area contributed by atoms with E-state index >= 15 is 0 Å². The molecule has 9 heteroatoms. The van der Waals surface area contributed by atoms with E-state index in [1.165, 1.54) is 6.33 Å². The molecule has 0 amide bonds. The zero-order valence-corrected chi connectivity index (χ0v) is 16.0. The first-order valence-electron chi connectivity index (χ1n) is 9.36. The number of nitrogens with two attached hydrogens (primary N) is 2. The average molecular weight is 376 g/mol. The van der Waals surface area contributed by atoms with Gasteiger partial charge in [0.15, 0.2) is 12.0 Å². The monoisotopic (exact) mass is 376 g/mol. The van der Waals surface area contributed by atoms with E-state index in [9.17, 15) is 0 Å². The highest BCUT2D eigenvalue weighted by atomic mass is 16.8. The van der Waals surface area contributed by atoms with E-state index in [1.54, 1.807) is 0 Å². The zero-order valence-electron chi connectivity index (χ0n) is 16.0. The van der Waals surface area contributed by atoms with Crippen LogP contribution < -0.4 is 11.5 Å². The zero-order chi connectivity index (χ0) is 19.2. The molecule has 0 aromatic carbocycles. The Morgan fingerprint density at radius 2 is 2.04 bits per heavy atom. The Labute approximate surface area is 158 Å². The summed E-state index contributed by atoms with van der Waals surface area (Å²) in [5, 5.41) is 0.805. The molecular formula is C18H28N6O3. The van der Waals surface area contributed by atoms with Crippen molar-refractivity contribution in [3.05, 3.63) is 18.6 Å². The number of likely N-dealkylation sites (N-methyl/N-ethyl adjacent to an activating group) is 1. The maximum Gasteiger partial charge on any atom is 0.164 e. The van der Waals surface area contributed by atoms with Gasteiger partial charge in [-0.2, -0.15) is 0 Å². The van der Waals surface area contributed by atoms with Crippen LogP contribution in [0.2, 0.25) is 0 Å². The van der Waals surface area contributed by atoms with Crippen molar-refractivity contribution in [2.45, 2.75) is 50.6 Å². The first kappa shape index (κ1) is 18.6. The topological polar surface area (TPSA) is 114 Å². The quantitative estimate of drug-likeness (QED) is 0.758. The summed E-state index contributed by atoms with van der Waals surface area (Å²) in [6.07, 6.45) is 3.52. The van der Waals surface area contributed by atoms with Crippen LogP contribution in [0, 0.1) is 0 Å². The summed E-state index contributed by atoms with van der Waals surface area (Å²) >= 11 is 0. The van der Waals surface area contributed by atoms with Gasteiger partial charge < -0.3 is 35.1 Å². The summed E-state index contributed by atoms with van der Waals surface area (Å²) in [7, 11) is 2.07. The van der Waals surface area contributed by atoms with E-state index in [1.807, 2.05) is 30.7 Å². The molecule has 0 saturated carbocycles. The fraction of sp³-hybridized carbons (Fsp3) is 0.667. The number of anilines is 1. The first-order chi connectivity index (χ1) is 12.9. The Morgan fingerprint density at radius 1 is 1.26 bits per heavy atom. The van der Waals surface area contributed by atoms with Gasteiger partial charge in [-0.1, -0.05) is 0 Å². The van der Waals surface area contributed by atoms with Crippen LogP contribution in [-0.2, 0) is 14.2 Å². The van der Waals surface area contributed by atoms with E-state index in [0.29, 0.717) is 12.4 Å². The van der Waals surface area contributed by atoms with Crippen LogP contribution >= 0.6 is 0 Å². The van der Waals surface area contributed by atoms with Crippen LogP contribution in [0.4, 0.5) is 5.82 Å². The largest absolute Gasteiger partial charge is 0.383 e. The molecule has 4 rings (SSSR count). The standard InChI is InChI=1S/C18H28N6O3/c1-18(2)26-13-12(9-23(3)7-4-6-19)25-17(14(13)27-18)24-8-5-11-15(20)21-10-22-16(11)24/h5,8,10,12-14,17H,4,6-7,9,19H2,1-3H3,(H2,20,21,22)/t12-,13-,14-,17?/m1/s1. The van der Waals surface area contributed by atoms with Crippen molar-refractivity contribution in [1.82, 2.24) is 19.4 Å². The molecule has 1 unspecified atom stereocenters. The van der Waals surface area contributed by atoms with Crippen molar-refractivity contribution in [3.63, 3.8) is 0 Å². The van der Waals surface area contributed by atoms with Crippen molar-refractivity contribution >= 4 is 16.9 Å². The van der Waals surface area contributed by atoms with Gasteiger partial charge in [0.25, 0.3) is 0 Å². The molecule has 2 fully saturated rings. The number of hydrogen-bond donors (Lipinski definition) is 2. The van der Waals surface area contributed by atoms with Crippen molar-refractivity contribution < 1.29 is 14.2 Å². The van der Waals surface area contributed by atoms with Gasteiger partial charge in [-0.3, -0.25) is 0 Å². The van der Waals surface area contributed by atoms with Crippen LogP contribution in [0.3, 0.4) is 0 Å². The number of aromatic nitrogens is 3. The Kier molecular flexibility index (Phi) is 4.81. The fourth-order valence-corrected chi connectivity index (χ4v) is 3.99. The van der Waals surface area contributed by atoms with Gasteiger partial charge in [-0.15, -0.1) is 0 Å². The summed E-state index contributed by atoms with van der Waals surface area (Å²) in [4.78, 5) is 10.7. The second-order valence-corrected chi connectivity index (χ2v) is 7.75. The van der Waals surface area contributed by atoms with Crippen LogP contribution in [0.5, 0.6) is 0 Å². The third-order valence-electron chi connectivity index (χ3n) is 5.18. The number of hydrogen-bond acceptors (Lipinski definition) is 8. The molecule has 2 aliphatic rings. The van der Waals surface area contributed by atoms with Crippen molar-refractivity contribution in [2.75, 3.05) is 32.4 Å². The van der Waals surface area contributed by atoms with Crippen molar-refractivity contribution in [1.29, 1.82) is 0 Å². The second-order valence-electron chi connectivity index (χ2n) is 7.75. The van der Waals surface area contributed by atoms with Crippen molar-refractivity contribution in [2.24, 2.45) is 5.73 Å². The molecule has 2 aromatic rings. The number of ether oxygens (including phenoxy) is 3. The molecule has 0 aliphatic carbocycles.